The van der Waals surface area contributed by atoms with E-state index in [1.54, 1.807) is 24.3 Å². The van der Waals surface area contributed by atoms with Crippen LogP contribution in [0.3, 0.4) is 0 Å². The lowest BCUT2D eigenvalue weighted by molar-refractivity contribution is -0.384. The zero-order chi connectivity index (χ0) is 23.7. The number of carbonyl (C=O) groups excluding carboxylic acids is 3. The summed E-state index contributed by atoms with van der Waals surface area (Å²) >= 11 is 0. The van der Waals surface area contributed by atoms with Gasteiger partial charge >= 0.3 is 0 Å². The van der Waals surface area contributed by atoms with Gasteiger partial charge in [0.05, 0.1) is 16.2 Å². The molecule has 2 aliphatic rings. The van der Waals surface area contributed by atoms with Crippen LogP contribution in [0.1, 0.15) is 32.3 Å². The van der Waals surface area contributed by atoms with Gasteiger partial charge in [0, 0.05) is 37.8 Å². The fourth-order valence-corrected chi connectivity index (χ4v) is 4.19. The summed E-state index contributed by atoms with van der Waals surface area (Å²) in [6.45, 7) is 4.86. The van der Waals surface area contributed by atoms with E-state index in [4.69, 9.17) is 0 Å². The quantitative estimate of drug-likeness (QED) is 0.425. The number of hydrogen-bond donors (Lipinski definition) is 1. The van der Waals surface area contributed by atoms with E-state index in [1.165, 1.54) is 31.2 Å². The lowest BCUT2D eigenvalue weighted by Gasteiger charge is -2.32. The molecule has 0 radical (unpaired) electrons. The van der Waals surface area contributed by atoms with Crippen LogP contribution in [-0.2, 0) is 14.4 Å². The Morgan fingerprint density at radius 1 is 1.00 bits per heavy atom. The monoisotopic (exact) mass is 448 g/mol. The Labute approximate surface area is 190 Å². The summed E-state index contributed by atoms with van der Waals surface area (Å²) in [6.07, 6.45) is 1.81. The Bertz CT molecular complexity index is 1150. The van der Waals surface area contributed by atoms with Crippen molar-refractivity contribution in [2.75, 3.05) is 23.3 Å². The second kappa shape index (κ2) is 8.85. The molecule has 3 amide bonds. The first-order chi connectivity index (χ1) is 15.8. The van der Waals surface area contributed by atoms with Gasteiger partial charge in [-0.2, -0.15) is 0 Å². The van der Waals surface area contributed by atoms with E-state index < -0.39 is 16.7 Å². The minimum absolute atomic E-state index is 0.0881. The molecule has 2 aromatic carbocycles. The third kappa shape index (κ3) is 4.34. The number of hydrogen-bond acceptors (Lipinski definition) is 6. The van der Waals surface area contributed by atoms with Gasteiger partial charge in [0.2, 0.25) is 5.91 Å². The Morgan fingerprint density at radius 3 is 2.15 bits per heavy atom. The van der Waals surface area contributed by atoms with Crippen LogP contribution in [0.15, 0.2) is 54.2 Å². The second-order valence-electron chi connectivity index (χ2n) is 8.37. The molecule has 1 saturated heterocycles. The van der Waals surface area contributed by atoms with Crippen molar-refractivity contribution in [1.29, 1.82) is 0 Å². The maximum Gasteiger partial charge on any atom is 0.282 e. The molecule has 170 valence electrons. The molecule has 2 heterocycles. The Morgan fingerprint density at radius 2 is 1.61 bits per heavy atom. The summed E-state index contributed by atoms with van der Waals surface area (Å²) in [5, 5.41) is 13.7. The molecule has 0 unspecified atom stereocenters. The number of nitrogens with zero attached hydrogens (tertiary/aromatic N) is 3. The number of carbonyl (C=O) groups is 3. The summed E-state index contributed by atoms with van der Waals surface area (Å²) in [5.74, 6) is -0.584. The fourth-order valence-electron chi connectivity index (χ4n) is 4.19. The molecule has 0 atom stereocenters. The van der Waals surface area contributed by atoms with E-state index in [-0.39, 0.29) is 17.2 Å². The van der Waals surface area contributed by atoms with Gasteiger partial charge in [-0.05, 0) is 60.7 Å². The summed E-state index contributed by atoms with van der Waals surface area (Å²) < 4.78 is 0. The Balaban J connectivity index is 1.74. The predicted molar refractivity (Wildman–Crippen MR) is 123 cm³/mol. The smallest absolute Gasteiger partial charge is 0.282 e. The zero-order valence-electron chi connectivity index (χ0n) is 18.4. The van der Waals surface area contributed by atoms with Crippen LogP contribution in [0, 0.1) is 16.0 Å². The zero-order valence-corrected chi connectivity index (χ0v) is 18.4. The van der Waals surface area contributed by atoms with Crippen LogP contribution >= 0.6 is 0 Å². The van der Waals surface area contributed by atoms with Gasteiger partial charge in [-0.1, -0.05) is 6.92 Å². The highest BCUT2D eigenvalue weighted by Crippen LogP contribution is 2.37. The van der Waals surface area contributed by atoms with Crippen LogP contribution in [0.5, 0.6) is 0 Å². The van der Waals surface area contributed by atoms with Gasteiger partial charge in [-0.25, -0.2) is 4.90 Å². The maximum atomic E-state index is 13.5. The first-order valence-electron chi connectivity index (χ1n) is 10.8. The summed E-state index contributed by atoms with van der Waals surface area (Å²) in [7, 11) is 0. The number of amides is 3. The van der Waals surface area contributed by atoms with Crippen molar-refractivity contribution >= 4 is 40.4 Å². The Kier molecular flexibility index (Phi) is 5.95. The fraction of sp³-hybridized carbons (Fsp3) is 0.292. The van der Waals surface area contributed by atoms with Gasteiger partial charge < -0.3 is 10.2 Å². The number of nitrogens with one attached hydrogen (secondary N) is 1. The van der Waals surface area contributed by atoms with E-state index in [0.29, 0.717) is 41.6 Å². The first-order valence-corrected chi connectivity index (χ1v) is 10.8. The largest absolute Gasteiger partial charge is 0.366 e. The summed E-state index contributed by atoms with van der Waals surface area (Å²) in [5.41, 5.74) is 1.89. The van der Waals surface area contributed by atoms with Crippen molar-refractivity contribution in [1.82, 2.24) is 4.90 Å². The topological polar surface area (TPSA) is 113 Å². The van der Waals surface area contributed by atoms with Gasteiger partial charge in [0.25, 0.3) is 17.5 Å². The first kappa shape index (κ1) is 22.2. The van der Waals surface area contributed by atoms with E-state index in [1.807, 2.05) is 4.90 Å². The third-order valence-electron chi connectivity index (χ3n) is 5.97. The number of anilines is 2. The molecule has 33 heavy (non-hydrogen) atoms. The number of rotatable bonds is 5. The number of likely N-dealkylation sites (tertiary alicyclic amines) is 1. The van der Waals surface area contributed by atoms with E-state index >= 15 is 0 Å². The SMILES string of the molecule is CC(=O)Nc1ccc(N2C(=O)C(c3ccc([N+](=O)[O-])cc3)=C(N3CCC(C)CC3)C2=O)cc1. The van der Waals surface area contributed by atoms with Crippen molar-refractivity contribution in [3.63, 3.8) is 0 Å². The van der Waals surface area contributed by atoms with Gasteiger partial charge in [-0.15, -0.1) is 0 Å². The van der Waals surface area contributed by atoms with Crippen molar-refractivity contribution in [2.24, 2.45) is 5.92 Å². The summed E-state index contributed by atoms with van der Waals surface area (Å²) in [6, 6.07) is 12.2. The molecule has 0 bridgehead atoms. The van der Waals surface area contributed by atoms with Crippen LogP contribution in [0.25, 0.3) is 5.57 Å². The number of imide groups is 1. The molecule has 2 aliphatic heterocycles. The van der Waals surface area contributed by atoms with Gasteiger partial charge in [-0.3, -0.25) is 24.5 Å². The number of nitro benzene ring substituents is 1. The molecule has 4 rings (SSSR count). The van der Waals surface area contributed by atoms with Gasteiger partial charge in [0.1, 0.15) is 5.70 Å². The van der Waals surface area contributed by atoms with Crippen LogP contribution < -0.4 is 10.2 Å². The predicted octanol–water partition coefficient (Wildman–Crippen LogP) is 3.57. The minimum atomic E-state index is -0.504. The second-order valence-corrected chi connectivity index (χ2v) is 8.37. The highest BCUT2D eigenvalue weighted by molar-refractivity contribution is 6.45. The minimum Gasteiger partial charge on any atom is -0.366 e. The van der Waals surface area contributed by atoms with Crippen molar-refractivity contribution in [3.8, 4) is 0 Å². The number of nitro groups is 1. The molecular formula is C24H24N4O5. The Hall–Kier alpha value is -4.01. The van der Waals surface area contributed by atoms with E-state index in [0.717, 1.165) is 17.7 Å². The number of piperidine rings is 1. The van der Waals surface area contributed by atoms with E-state index in [9.17, 15) is 24.5 Å². The molecule has 0 spiro atoms. The van der Waals surface area contributed by atoms with Crippen LogP contribution in [0.4, 0.5) is 17.1 Å². The third-order valence-corrected chi connectivity index (χ3v) is 5.97. The highest BCUT2D eigenvalue weighted by Gasteiger charge is 2.43. The number of benzene rings is 2. The lowest BCUT2D eigenvalue weighted by Crippen LogP contribution is -2.38. The molecule has 2 aromatic rings. The van der Waals surface area contributed by atoms with Crippen LogP contribution in [0.2, 0.25) is 0 Å². The normalized spacial score (nSPS) is 17.0. The van der Waals surface area contributed by atoms with Gasteiger partial charge in [0.15, 0.2) is 0 Å². The lowest BCUT2D eigenvalue weighted by atomic mass is 9.97. The van der Waals surface area contributed by atoms with E-state index in [2.05, 4.69) is 12.2 Å². The molecule has 0 aromatic heterocycles. The maximum absolute atomic E-state index is 13.5. The van der Waals surface area contributed by atoms with Crippen molar-refractivity contribution in [3.05, 3.63) is 69.9 Å². The number of non-ortho nitro benzene ring substituents is 1. The molecule has 1 fully saturated rings. The van der Waals surface area contributed by atoms with Crippen molar-refractivity contribution < 1.29 is 19.3 Å². The average Bonchev–Trinajstić information content (AvgIpc) is 3.04. The molecule has 1 N–H and O–H groups in total. The van der Waals surface area contributed by atoms with Crippen LogP contribution in [-0.4, -0.2) is 40.6 Å². The molecular weight excluding hydrogens is 424 g/mol. The average molecular weight is 448 g/mol. The standard InChI is InChI=1S/C24H24N4O5/c1-15-11-13-26(14-12-15)22-21(17-3-7-20(8-4-17)28(32)33)23(30)27(24(22)31)19-9-5-18(6-10-19)25-16(2)29/h3-10,15H,11-14H2,1-2H3,(H,25,29). The highest BCUT2D eigenvalue weighted by atomic mass is 16.6. The molecule has 0 aliphatic carbocycles. The van der Waals surface area contributed by atoms with Crippen molar-refractivity contribution in [2.45, 2.75) is 26.7 Å². The molecule has 0 saturated carbocycles. The molecule has 9 heteroatoms. The molecule has 9 nitrogen and oxygen atoms in total. The summed E-state index contributed by atoms with van der Waals surface area (Å²) in [4.78, 5) is 52.0.